The number of ether oxygens (including phenoxy) is 1. The van der Waals surface area contributed by atoms with E-state index in [1.165, 1.54) is 6.07 Å². The Morgan fingerprint density at radius 1 is 1.26 bits per heavy atom. The first-order valence-corrected chi connectivity index (χ1v) is 6.52. The quantitative estimate of drug-likeness (QED) is 0.670. The van der Waals surface area contributed by atoms with Crippen molar-refractivity contribution in [2.45, 2.75) is 19.3 Å². The van der Waals surface area contributed by atoms with Crippen molar-refractivity contribution in [3.05, 3.63) is 30.1 Å². The van der Waals surface area contributed by atoms with Crippen LogP contribution >= 0.6 is 0 Å². The molecule has 0 aliphatic carbocycles. The second-order valence-electron chi connectivity index (χ2n) is 4.19. The van der Waals surface area contributed by atoms with Crippen LogP contribution in [0, 0.1) is 5.82 Å². The fraction of sp³-hybridized carbons (Fsp3) is 0.500. The topological polar surface area (TPSA) is 50.4 Å². The lowest BCUT2D eigenvalue weighted by Crippen LogP contribution is -2.26. The van der Waals surface area contributed by atoms with Crippen LogP contribution in [0.15, 0.2) is 24.3 Å². The predicted molar refractivity (Wildman–Crippen MR) is 72.7 cm³/mol. The summed E-state index contributed by atoms with van der Waals surface area (Å²) in [6.45, 7) is 1.90. The highest BCUT2D eigenvalue weighted by atomic mass is 19.1. The Labute approximate surface area is 113 Å². The molecule has 0 fully saturated rings. The number of nitrogens with one attached hydrogen (secondary N) is 2. The molecule has 0 saturated carbocycles. The number of hydrogen-bond donors (Lipinski definition) is 2. The highest BCUT2D eigenvalue weighted by molar-refractivity contribution is 5.75. The Hall–Kier alpha value is -1.62. The van der Waals surface area contributed by atoms with Crippen molar-refractivity contribution in [3.8, 4) is 5.75 Å². The minimum atomic E-state index is -0.376. The van der Waals surface area contributed by atoms with Gasteiger partial charge >= 0.3 is 0 Å². The summed E-state index contributed by atoms with van der Waals surface area (Å²) in [6, 6.07) is 6.25. The molecule has 106 valence electrons. The molecule has 19 heavy (non-hydrogen) atoms. The van der Waals surface area contributed by atoms with Crippen molar-refractivity contribution >= 4 is 5.91 Å². The maximum Gasteiger partial charge on any atom is 0.220 e. The van der Waals surface area contributed by atoms with E-state index in [1.54, 1.807) is 18.2 Å². The third-order valence-electron chi connectivity index (χ3n) is 2.57. The number of carbonyl (C=O) groups excluding carboxylic acids is 1. The number of para-hydroxylation sites is 1. The van der Waals surface area contributed by atoms with Crippen molar-refractivity contribution in [2.75, 3.05) is 26.7 Å². The van der Waals surface area contributed by atoms with E-state index in [9.17, 15) is 9.18 Å². The van der Waals surface area contributed by atoms with Gasteiger partial charge in [0.2, 0.25) is 5.91 Å². The van der Waals surface area contributed by atoms with E-state index in [-0.39, 0.29) is 17.5 Å². The average molecular weight is 268 g/mol. The summed E-state index contributed by atoms with van der Waals surface area (Å²) in [6.07, 6.45) is 1.88. The van der Waals surface area contributed by atoms with Gasteiger partial charge in [0, 0.05) is 13.0 Å². The largest absolute Gasteiger partial charge is 0.491 e. The Kier molecular flexibility index (Phi) is 7.58. The van der Waals surface area contributed by atoms with E-state index in [2.05, 4.69) is 10.6 Å². The zero-order valence-electron chi connectivity index (χ0n) is 11.2. The second-order valence-corrected chi connectivity index (χ2v) is 4.19. The third kappa shape index (κ3) is 6.76. The Balaban J connectivity index is 2.07. The van der Waals surface area contributed by atoms with Crippen LogP contribution in [-0.2, 0) is 4.79 Å². The molecule has 1 amide bonds. The maximum absolute atomic E-state index is 13.2. The average Bonchev–Trinajstić information content (AvgIpc) is 2.41. The first kappa shape index (κ1) is 15.4. The fourth-order valence-electron chi connectivity index (χ4n) is 1.56. The molecule has 2 N–H and O–H groups in total. The van der Waals surface area contributed by atoms with Gasteiger partial charge in [-0.3, -0.25) is 4.79 Å². The Morgan fingerprint density at radius 3 is 2.79 bits per heavy atom. The molecule has 0 radical (unpaired) electrons. The summed E-state index contributed by atoms with van der Waals surface area (Å²) < 4.78 is 18.5. The number of hydrogen-bond acceptors (Lipinski definition) is 3. The lowest BCUT2D eigenvalue weighted by atomic mass is 10.3. The van der Waals surface area contributed by atoms with Crippen LogP contribution in [0.3, 0.4) is 0 Å². The third-order valence-corrected chi connectivity index (χ3v) is 2.57. The molecule has 0 aliphatic heterocycles. The summed E-state index contributed by atoms with van der Waals surface area (Å²) in [4.78, 5) is 11.4. The predicted octanol–water partition coefficient (Wildman–Crippen LogP) is 1.71. The van der Waals surface area contributed by atoms with Crippen molar-refractivity contribution in [1.82, 2.24) is 10.6 Å². The molecule has 5 heteroatoms. The minimum Gasteiger partial charge on any atom is -0.491 e. The lowest BCUT2D eigenvalue weighted by Gasteiger charge is -2.07. The van der Waals surface area contributed by atoms with Crippen LogP contribution in [0.4, 0.5) is 4.39 Å². The molecule has 1 aromatic carbocycles. The maximum atomic E-state index is 13.2. The van der Waals surface area contributed by atoms with Gasteiger partial charge in [0.05, 0.1) is 6.61 Å². The first-order chi connectivity index (χ1) is 9.24. The SMILES string of the molecule is CNCCCNC(=O)CCCOc1ccccc1F. The molecule has 0 atom stereocenters. The normalized spacial score (nSPS) is 10.2. The number of rotatable bonds is 9. The second kappa shape index (κ2) is 9.33. The summed E-state index contributed by atoms with van der Waals surface area (Å²) in [5.41, 5.74) is 0. The molecule has 0 unspecified atom stereocenters. The van der Waals surface area contributed by atoms with Gasteiger partial charge in [-0.25, -0.2) is 4.39 Å². The fourth-order valence-corrected chi connectivity index (χ4v) is 1.56. The number of carbonyl (C=O) groups is 1. The van der Waals surface area contributed by atoms with Gasteiger partial charge in [-0.1, -0.05) is 12.1 Å². The minimum absolute atomic E-state index is 0.00763. The molecule has 1 aromatic rings. The number of amides is 1. The molecule has 0 aromatic heterocycles. The van der Waals surface area contributed by atoms with Gasteiger partial charge in [-0.05, 0) is 38.6 Å². The van der Waals surface area contributed by atoms with Gasteiger partial charge in [-0.15, -0.1) is 0 Å². The van der Waals surface area contributed by atoms with Crippen molar-refractivity contribution in [1.29, 1.82) is 0 Å². The molecule has 1 rings (SSSR count). The monoisotopic (exact) mass is 268 g/mol. The van der Waals surface area contributed by atoms with Gasteiger partial charge < -0.3 is 15.4 Å². The number of halogens is 1. The molecule has 0 saturated heterocycles. The summed E-state index contributed by atoms with van der Waals surface area (Å²) in [7, 11) is 1.88. The van der Waals surface area contributed by atoms with Crippen LogP contribution in [0.1, 0.15) is 19.3 Å². The van der Waals surface area contributed by atoms with Gasteiger partial charge in [0.1, 0.15) is 0 Å². The smallest absolute Gasteiger partial charge is 0.220 e. The number of benzene rings is 1. The lowest BCUT2D eigenvalue weighted by molar-refractivity contribution is -0.121. The first-order valence-electron chi connectivity index (χ1n) is 6.52. The van der Waals surface area contributed by atoms with Crippen LogP contribution in [0.2, 0.25) is 0 Å². The molecular weight excluding hydrogens is 247 g/mol. The van der Waals surface area contributed by atoms with Crippen molar-refractivity contribution in [3.63, 3.8) is 0 Å². The van der Waals surface area contributed by atoms with Crippen LogP contribution < -0.4 is 15.4 Å². The highest BCUT2D eigenvalue weighted by Gasteiger charge is 2.03. The highest BCUT2D eigenvalue weighted by Crippen LogP contribution is 2.15. The molecule has 0 bridgehead atoms. The molecule has 4 nitrogen and oxygen atoms in total. The zero-order valence-corrected chi connectivity index (χ0v) is 11.2. The van der Waals surface area contributed by atoms with E-state index in [0.717, 1.165) is 13.0 Å². The zero-order chi connectivity index (χ0) is 13.9. The Bertz CT molecular complexity index is 385. The Morgan fingerprint density at radius 2 is 2.05 bits per heavy atom. The standard InChI is InChI=1S/C14H21FN2O2/c1-16-9-5-10-17-14(18)8-4-11-19-13-7-3-2-6-12(13)15/h2-3,6-7,16H,4-5,8-11H2,1H3,(H,17,18). The van der Waals surface area contributed by atoms with Crippen LogP contribution in [-0.4, -0.2) is 32.7 Å². The molecule has 0 heterocycles. The van der Waals surface area contributed by atoms with Crippen LogP contribution in [0.5, 0.6) is 5.75 Å². The van der Waals surface area contributed by atoms with E-state index >= 15 is 0 Å². The van der Waals surface area contributed by atoms with Gasteiger partial charge in [0.25, 0.3) is 0 Å². The van der Waals surface area contributed by atoms with Crippen molar-refractivity contribution in [2.24, 2.45) is 0 Å². The molecular formula is C14H21FN2O2. The molecule has 0 spiro atoms. The van der Waals surface area contributed by atoms with Crippen LogP contribution in [0.25, 0.3) is 0 Å². The van der Waals surface area contributed by atoms with E-state index in [1.807, 2.05) is 7.05 Å². The molecule has 0 aliphatic rings. The van der Waals surface area contributed by atoms with Gasteiger partial charge in [-0.2, -0.15) is 0 Å². The summed E-state index contributed by atoms with van der Waals surface area (Å²) in [5.74, 6) is -0.135. The van der Waals surface area contributed by atoms with E-state index < -0.39 is 0 Å². The summed E-state index contributed by atoms with van der Waals surface area (Å²) in [5, 5.41) is 5.83. The van der Waals surface area contributed by atoms with Crippen molar-refractivity contribution < 1.29 is 13.9 Å². The van der Waals surface area contributed by atoms with E-state index in [4.69, 9.17) is 4.74 Å². The van der Waals surface area contributed by atoms with E-state index in [0.29, 0.717) is 26.0 Å². The van der Waals surface area contributed by atoms with Gasteiger partial charge in [0.15, 0.2) is 11.6 Å². The summed E-state index contributed by atoms with van der Waals surface area (Å²) >= 11 is 0.